The molecule has 0 saturated carbocycles. The van der Waals surface area contributed by atoms with Gasteiger partial charge in [-0.25, -0.2) is 4.98 Å². The number of nitrogens with zero attached hydrogens (tertiary/aromatic N) is 2. The van der Waals surface area contributed by atoms with E-state index in [0.29, 0.717) is 6.54 Å². The van der Waals surface area contributed by atoms with Gasteiger partial charge < -0.3 is 10.6 Å². The number of anilines is 1. The van der Waals surface area contributed by atoms with E-state index in [-0.39, 0.29) is 0 Å². The highest BCUT2D eigenvalue weighted by atomic mass is 32.1. The smallest absolute Gasteiger partial charge is 0.185 e. The van der Waals surface area contributed by atoms with Crippen LogP contribution in [0.4, 0.5) is 5.13 Å². The number of thiazole rings is 1. The van der Waals surface area contributed by atoms with Crippen LogP contribution in [0.2, 0.25) is 0 Å². The van der Waals surface area contributed by atoms with Gasteiger partial charge in [0, 0.05) is 29.9 Å². The maximum absolute atomic E-state index is 5.62. The number of rotatable bonds is 5. The summed E-state index contributed by atoms with van der Waals surface area (Å²) in [4.78, 5) is 9.37. The minimum absolute atomic E-state index is 0.609. The fourth-order valence-electron chi connectivity index (χ4n) is 1.64. The molecule has 0 aliphatic heterocycles. The van der Waals surface area contributed by atoms with Crippen LogP contribution in [-0.2, 0) is 6.54 Å². The lowest BCUT2D eigenvalue weighted by atomic mass is 10.4. The standard InChI is InChI=1S/C12H17N3S2/c1-3-15(4-2)12-14-10(8-16-12)11-6-5-9(7-13)17-11/h5-6,8H,3-4,7,13H2,1-2H3. The number of hydrogen-bond donors (Lipinski definition) is 1. The van der Waals surface area contributed by atoms with Crippen LogP contribution >= 0.6 is 22.7 Å². The molecule has 0 saturated heterocycles. The number of aromatic nitrogens is 1. The molecule has 0 atom stereocenters. The lowest BCUT2D eigenvalue weighted by molar-refractivity contribution is 0.860. The Balaban J connectivity index is 2.22. The van der Waals surface area contributed by atoms with Crippen molar-refractivity contribution in [3.05, 3.63) is 22.4 Å². The Bertz CT molecular complexity index is 472. The van der Waals surface area contributed by atoms with Gasteiger partial charge in [-0.3, -0.25) is 0 Å². The fourth-order valence-corrected chi connectivity index (χ4v) is 3.52. The molecule has 0 aromatic carbocycles. The molecule has 0 amide bonds. The van der Waals surface area contributed by atoms with Crippen molar-refractivity contribution in [3.63, 3.8) is 0 Å². The number of nitrogens with two attached hydrogens (primary N) is 1. The molecular formula is C12H17N3S2. The Hall–Kier alpha value is -0.910. The molecule has 2 N–H and O–H groups in total. The van der Waals surface area contributed by atoms with Crippen molar-refractivity contribution in [1.29, 1.82) is 0 Å². The monoisotopic (exact) mass is 267 g/mol. The summed E-state index contributed by atoms with van der Waals surface area (Å²) in [6.07, 6.45) is 0. The predicted octanol–water partition coefficient (Wildman–Crippen LogP) is 3.18. The van der Waals surface area contributed by atoms with Crippen molar-refractivity contribution in [3.8, 4) is 10.6 Å². The maximum atomic E-state index is 5.62. The lowest BCUT2D eigenvalue weighted by Crippen LogP contribution is -2.21. The molecule has 2 heterocycles. The van der Waals surface area contributed by atoms with Crippen LogP contribution < -0.4 is 10.6 Å². The average Bonchev–Trinajstić information content (AvgIpc) is 2.98. The second-order valence-electron chi connectivity index (χ2n) is 3.66. The van der Waals surface area contributed by atoms with Gasteiger partial charge in [0.25, 0.3) is 0 Å². The van der Waals surface area contributed by atoms with Gasteiger partial charge in [-0.05, 0) is 26.0 Å². The van der Waals surface area contributed by atoms with E-state index in [0.717, 1.165) is 23.9 Å². The molecule has 0 bridgehead atoms. The third-order valence-electron chi connectivity index (χ3n) is 2.64. The molecule has 0 radical (unpaired) electrons. The molecule has 5 heteroatoms. The number of hydrogen-bond acceptors (Lipinski definition) is 5. The summed E-state index contributed by atoms with van der Waals surface area (Å²) in [5.41, 5.74) is 6.69. The Morgan fingerprint density at radius 2 is 2.06 bits per heavy atom. The molecule has 0 aliphatic carbocycles. The van der Waals surface area contributed by atoms with Crippen molar-refractivity contribution in [1.82, 2.24) is 4.98 Å². The molecule has 0 aliphatic rings. The van der Waals surface area contributed by atoms with Gasteiger partial charge in [0.1, 0.15) is 0 Å². The van der Waals surface area contributed by atoms with Gasteiger partial charge in [0.05, 0.1) is 10.6 Å². The highest BCUT2D eigenvalue weighted by Crippen LogP contribution is 2.31. The van der Waals surface area contributed by atoms with Crippen molar-refractivity contribution in [2.45, 2.75) is 20.4 Å². The lowest BCUT2D eigenvalue weighted by Gasteiger charge is -2.16. The van der Waals surface area contributed by atoms with E-state index < -0.39 is 0 Å². The van der Waals surface area contributed by atoms with Crippen LogP contribution in [0.5, 0.6) is 0 Å². The van der Waals surface area contributed by atoms with Gasteiger partial charge in [0.2, 0.25) is 0 Å². The Labute approximate surface area is 110 Å². The van der Waals surface area contributed by atoms with E-state index in [2.05, 4.69) is 41.2 Å². The average molecular weight is 267 g/mol. The summed E-state index contributed by atoms with van der Waals surface area (Å²) < 4.78 is 0. The Morgan fingerprint density at radius 3 is 2.65 bits per heavy atom. The van der Waals surface area contributed by atoms with Gasteiger partial charge in [-0.15, -0.1) is 22.7 Å². The van der Waals surface area contributed by atoms with Gasteiger partial charge in [-0.1, -0.05) is 0 Å². The highest BCUT2D eigenvalue weighted by molar-refractivity contribution is 7.17. The molecule has 2 aromatic heterocycles. The normalized spacial score (nSPS) is 10.8. The van der Waals surface area contributed by atoms with E-state index in [1.165, 1.54) is 9.75 Å². The zero-order chi connectivity index (χ0) is 12.3. The summed E-state index contributed by atoms with van der Waals surface area (Å²) in [5.74, 6) is 0. The van der Waals surface area contributed by atoms with E-state index in [4.69, 9.17) is 5.73 Å². The van der Waals surface area contributed by atoms with E-state index >= 15 is 0 Å². The summed E-state index contributed by atoms with van der Waals surface area (Å²) in [6.45, 7) is 6.92. The minimum Gasteiger partial charge on any atom is -0.349 e. The molecule has 0 fully saturated rings. The summed E-state index contributed by atoms with van der Waals surface area (Å²) in [6, 6.07) is 4.18. The van der Waals surface area contributed by atoms with Gasteiger partial charge in [-0.2, -0.15) is 0 Å². The van der Waals surface area contributed by atoms with E-state index in [1.54, 1.807) is 22.7 Å². The predicted molar refractivity (Wildman–Crippen MR) is 76.9 cm³/mol. The summed E-state index contributed by atoms with van der Waals surface area (Å²) >= 11 is 3.44. The van der Waals surface area contributed by atoms with Gasteiger partial charge in [0.15, 0.2) is 5.13 Å². The first-order chi connectivity index (χ1) is 8.28. The summed E-state index contributed by atoms with van der Waals surface area (Å²) in [5, 5.41) is 3.23. The minimum atomic E-state index is 0.609. The van der Waals surface area contributed by atoms with Crippen LogP contribution in [0.15, 0.2) is 17.5 Å². The zero-order valence-corrected chi connectivity index (χ0v) is 11.8. The summed E-state index contributed by atoms with van der Waals surface area (Å²) in [7, 11) is 0. The van der Waals surface area contributed by atoms with Crippen molar-refractivity contribution >= 4 is 27.8 Å². The van der Waals surface area contributed by atoms with Crippen molar-refractivity contribution in [2.75, 3.05) is 18.0 Å². The van der Waals surface area contributed by atoms with Crippen LogP contribution in [0.1, 0.15) is 18.7 Å². The zero-order valence-electron chi connectivity index (χ0n) is 10.1. The Kier molecular flexibility index (Phi) is 4.15. The molecule has 3 nitrogen and oxygen atoms in total. The van der Waals surface area contributed by atoms with Crippen molar-refractivity contribution in [2.24, 2.45) is 5.73 Å². The molecule has 0 unspecified atom stereocenters. The third-order valence-corrected chi connectivity index (χ3v) is 4.67. The van der Waals surface area contributed by atoms with E-state index in [9.17, 15) is 0 Å². The third kappa shape index (κ3) is 2.68. The van der Waals surface area contributed by atoms with E-state index in [1.807, 2.05) is 0 Å². The first-order valence-electron chi connectivity index (χ1n) is 5.78. The first-order valence-corrected chi connectivity index (χ1v) is 7.47. The first kappa shape index (κ1) is 12.5. The molecule has 2 aromatic rings. The topological polar surface area (TPSA) is 42.2 Å². The van der Waals surface area contributed by atoms with Gasteiger partial charge >= 0.3 is 0 Å². The Morgan fingerprint density at radius 1 is 1.29 bits per heavy atom. The SMILES string of the molecule is CCN(CC)c1nc(-c2ccc(CN)s2)cs1. The molecule has 17 heavy (non-hydrogen) atoms. The second-order valence-corrected chi connectivity index (χ2v) is 5.66. The molecule has 2 rings (SSSR count). The highest BCUT2D eigenvalue weighted by Gasteiger charge is 2.10. The van der Waals surface area contributed by atoms with Crippen molar-refractivity contribution < 1.29 is 0 Å². The second kappa shape index (κ2) is 5.62. The molecule has 92 valence electrons. The number of thiophene rings is 1. The molecular weight excluding hydrogens is 250 g/mol. The maximum Gasteiger partial charge on any atom is 0.185 e. The van der Waals surface area contributed by atoms with Crippen LogP contribution in [0, 0.1) is 0 Å². The molecule has 0 spiro atoms. The fraction of sp³-hybridized carbons (Fsp3) is 0.417. The largest absolute Gasteiger partial charge is 0.349 e. The quantitative estimate of drug-likeness (QED) is 0.904. The van der Waals surface area contributed by atoms with Crippen LogP contribution in [-0.4, -0.2) is 18.1 Å². The van der Waals surface area contributed by atoms with Crippen LogP contribution in [0.25, 0.3) is 10.6 Å². The van der Waals surface area contributed by atoms with Crippen LogP contribution in [0.3, 0.4) is 0 Å².